The Kier molecular flexibility index (Phi) is 8.38. The summed E-state index contributed by atoms with van der Waals surface area (Å²) in [6.07, 6.45) is 16.2. The third-order valence-corrected chi connectivity index (χ3v) is 13.4. The molecule has 1 heterocycles. The van der Waals surface area contributed by atoms with Crippen molar-refractivity contribution in [3.8, 4) is 80.8 Å². The molecule has 0 spiro atoms. The predicted octanol–water partition coefficient (Wildman–Crippen LogP) is 15.5. The maximum absolute atomic E-state index is 5.84. The number of rotatable bonds is 5. The number of hydrogen-bond donors (Lipinski definition) is 0. The molecule has 302 valence electrons. The molecular formula is C64H36N2. The van der Waals surface area contributed by atoms with Crippen molar-refractivity contribution < 1.29 is 0 Å². The normalized spacial score (nSPS) is 13.5. The van der Waals surface area contributed by atoms with E-state index in [1.54, 1.807) is 0 Å². The minimum Gasteiger partial charge on any atom is -0.228 e. The van der Waals surface area contributed by atoms with Gasteiger partial charge in [0.15, 0.2) is 5.82 Å². The molecule has 11 aromatic rings. The van der Waals surface area contributed by atoms with Crippen LogP contribution < -0.4 is 0 Å². The van der Waals surface area contributed by atoms with E-state index in [9.17, 15) is 0 Å². The van der Waals surface area contributed by atoms with Gasteiger partial charge in [-0.3, -0.25) is 0 Å². The molecule has 0 aliphatic heterocycles. The van der Waals surface area contributed by atoms with Crippen LogP contribution in [0.25, 0.3) is 112 Å². The number of terminal acetylenes is 2. The van der Waals surface area contributed by atoms with Gasteiger partial charge in [-0.05, 0) is 154 Å². The number of nitrogens with zero attached hydrogens (tertiary/aromatic N) is 2. The Morgan fingerprint density at radius 2 is 0.833 bits per heavy atom. The Labute approximate surface area is 383 Å². The van der Waals surface area contributed by atoms with Gasteiger partial charge in [0, 0.05) is 27.8 Å². The molecule has 10 aromatic carbocycles. The first-order chi connectivity index (χ1) is 32.6. The standard InChI is InChI=1S/C64H36N2/c1-3-39-12-9-14-41(32-39)34-56-50-20-7-5-18-48(50)52-28-26-46(36-58(52)56)60-38-61(54-30-24-45-23-22-43-16-11-17-44-25-31-55(54)63(45)62(43)44)66-64(65-60)47-27-29-53-49-19-6-8-21-51(49)57(59(53)37-47)35-42-15-10-13-40(4-2)33-42/h1-2,5-38H/b56-34+,57-35+. The lowest BCUT2D eigenvalue weighted by Crippen LogP contribution is -1.98. The molecule has 2 aliphatic carbocycles. The van der Waals surface area contributed by atoms with E-state index in [4.69, 9.17) is 22.8 Å². The Balaban J connectivity index is 1.03. The lowest BCUT2D eigenvalue weighted by atomic mass is 9.90. The number of aromatic nitrogens is 2. The number of hydrogen-bond acceptors (Lipinski definition) is 2. The molecule has 0 atom stereocenters. The van der Waals surface area contributed by atoms with Gasteiger partial charge in [-0.2, -0.15) is 0 Å². The first-order valence-electron chi connectivity index (χ1n) is 22.2. The van der Waals surface area contributed by atoms with Crippen LogP contribution in [0.1, 0.15) is 44.5 Å². The molecule has 66 heavy (non-hydrogen) atoms. The highest BCUT2D eigenvalue weighted by molar-refractivity contribution is 6.25. The van der Waals surface area contributed by atoms with Gasteiger partial charge in [-0.25, -0.2) is 9.97 Å². The summed E-state index contributed by atoms with van der Waals surface area (Å²) < 4.78 is 0. The summed E-state index contributed by atoms with van der Waals surface area (Å²) in [6, 6.07) is 69.2. The van der Waals surface area contributed by atoms with Crippen LogP contribution >= 0.6 is 0 Å². The third-order valence-electron chi connectivity index (χ3n) is 13.4. The van der Waals surface area contributed by atoms with Crippen molar-refractivity contribution in [1.29, 1.82) is 0 Å². The Hall–Kier alpha value is -9.08. The van der Waals surface area contributed by atoms with E-state index in [1.165, 1.54) is 65.7 Å². The summed E-state index contributed by atoms with van der Waals surface area (Å²) in [5.74, 6) is 6.27. The molecule has 1 aromatic heterocycles. The highest BCUT2D eigenvalue weighted by Crippen LogP contribution is 2.49. The molecule has 2 nitrogen and oxygen atoms in total. The molecule has 0 amide bonds. The summed E-state index contributed by atoms with van der Waals surface area (Å²) in [6.45, 7) is 0. The lowest BCUT2D eigenvalue weighted by molar-refractivity contribution is 1.18. The Bertz CT molecular complexity index is 3810. The largest absolute Gasteiger partial charge is 0.228 e. The quantitative estimate of drug-likeness (QED) is 0.128. The topological polar surface area (TPSA) is 25.8 Å². The molecule has 0 N–H and O–H groups in total. The van der Waals surface area contributed by atoms with Gasteiger partial charge < -0.3 is 0 Å². The van der Waals surface area contributed by atoms with Gasteiger partial charge >= 0.3 is 0 Å². The average Bonchev–Trinajstić information content (AvgIpc) is 3.86. The fourth-order valence-corrected chi connectivity index (χ4v) is 10.4. The zero-order valence-electron chi connectivity index (χ0n) is 35.7. The zero-order valence-corrected chi connectivity index (χ0v) is 35.7. The fourth-order valence-electron chi connectivity index (χ4n) is 10.4. The highest BCUT2D eigenvalue weighted by Gasteiger charge is 2.27. The molecule has 0 radical (unpaired) electrons. The minimum atomic E-state index is 0.659. The SMILES string of the molecule is C#Cc1cccc(/C=C2\c3ccccc3-c3ccc(-c4cc(-c5ccc6ccc7cccc8ccc5c6c78)nc(-c5ccc6c(c5)/C(=C/c5cccc(C#C)c5)c5ccccc5-6)n4)cc32)c1. The van der Waals surface area contributed by atoms with Crippen molar-refractivity contribution in [2.75, 3.05) is 0 Å². The predicted molar refractivity (Wildman–Crippen MR) is 276 cm³/mol. The smallest absolute Gasteiger partial charge is 0.160 e. The van der Waals surface area contributed by atoms with E-state index >= 15 is 0 Å². The van der Waals surface area contributed by atoms with Crippen molar-refractivity contribution in [2.24, 2.45) is 0 Å². The van der Waals surface area contributed by atoms with Crippen molar-refractivity contribution in [3.63, 3.8) is 0 Å². The van der Waals surface area contributed by atoms with E-state index in [1.807, 2.05) is 24.3 Å². The van der Waals surface area contributed by atoms with Gasteiger partial charge in [0.25, 0.3) is 0 Å². The van der Waals surface area contributed by atoms with Crippen LogP contribution in [0.3, 0.4) is 0 Å². The second kappa shape index (κ2) is 14.8. The molecule has 0 fully saturated rings. The number of benzene rings is 10. The summed E-state index contributed by atoms with van der Waals surface area (Å²) in [7, 11) is 0. The average molecular weight is 833 g/mol. The van der Waals surface area contributed by atoms with Crippen LogP contribution in [0.4, 0.5) is 0 Å². The maximum Gasteiger partial charge on any atom is 0.160 e. The lowest BCUT2D eigenvalue weighted by Gasteiger charge is -2.16. The monoisotopic (exact) mass is 832 g/mol. The van der Waals surface area contributed by atoms with Gasteiger partial charge in [0.05, 0.1) is 11.4 Å². The highest BCUT2D eigenvalue weighted by atomic mass is 14.9. The maximum atomic E-state index is 5.84. The summed E-state index contributed by atoms with van der Waals surface area (Å²) in [5, 5.41) is 7.37. The molecular weight excluding hydrogens is 797 g/mol. The second-order valence-corrected chi connectivity index (χ2v) is 17.2. The van der Waals surface area contributed by atoms with Gasteiger partial charge in [0.1, 0.15) is 0 Å². The second-order valence-electron chi connectivity index (χ2n) is 17.2. The van der Waals surface area contributed by atoms with Crippen LogP contribution in [0, 0.1) is 24.7 Å². The summed E-state index contributed by atoms with van der Waals surface area (Å²) in [4.78, 5) is 11.0. The Morgan fingerprint density at radius 1 is 0.348 bits per heavy atom. The fraction of sp³-hybridized carbons (Fsp3) is 0. The summed E-state index contributed by atoms with van der Waals surface area (Å²) in [5.41, 5.74) is 20.3. The van der Waals surface area contributed by atoms with Gasteiger partial charge in [-0.1, -0.05) is 164 Å². The summed E-state index contributed by atoms with van der Waals surface area (Å²) >= 11 is 0. The van der Waals surface area contributed by atoms with E-state index in [2.05, 4.69) is 194 Å². The Morgan fingerprint density at radius 3 is 1.45 bits per heavy atom. The molecule has 13 rings (SSSR count). The van der Waals surface area contributed by atoms with Crippen molar-refractivity contribution in [3.05, 3.63) is 239 Å². The third kappa shape index (κ3) is 5.94. The molecule has 0 saturated heterocycles. The van der Waals surface area contributed by atoms with Gasteiger partial charge in [-0.15, -0.1) is 12.8 Å². The van der Waals surface area contributed by atoms with Crippen LogP contribution in [0.2, 0.25) is 0 Å². The first kappa shape index (κ1) is 37.5. The van der Waals surface area contributed by atoms with E-state index < -0.39 is 0 Å². The van der Waals surface area contributed by atoms with Crippen LogP contribution in [0.15, 0.2) is 194 Å². The molecule has 0 bridgehead atoms. The van der Waals surface area contributed by atoms with E-state index in [0.29, 0.717) is 5.82 Å². The number of fused-ring (bicyclic) bond motifs is 6. The minimum absolute atomic E-state index is 0.659. The molecule has 0 unspecified atom stereocenters. The molecule has 2 aliphatic rings. The van der Waals surface area contributed by atoms with Crippen LogP contribution in [-0.2, 0) is 0 Å². The first-order valence-corrected chi connectivity index (χ1v) is 22.2. The van der Waals surface area contributed by atoms with Crippen LogP contribution in [0.5, 0.6) is 0 Å². The van der Waals surface area contributed by atoms with E-state index in [-0.39, 0.29) is 0 Å². The molecule has 0 saturated carbocycles. The van der Waals surface area contributed by atoms with Gasteiger partial charge in [0.2, 0.25) is 0 Å². The molecule has 2 heteroatoms. The van der Waals surface area contributed by atoms with Crippen LogP contribution in [-0.4, -0.2) is 9.97 Å². The van der Waals surface area contributed by atoms with Crippen molar-refractivity contribution in [1.82, 2.24) is 9.97 Å². The zero-order chi connectivity index (χ0) is 43.9. The van der Waals surface area contributed by atoms with Crippen molar-refractivity contribution in [2.45, 2.75) is 0 Å². The van der Waals surface area contributed by atoms with Crippen molar-refractivity contribution >= 4 is 55.6 Å². The van der Waals surface area contributed by atoms with E-state index in [0.717, 1.165) is 72.6 Å².